The minimum absolute atomic E-state index is 0.247. The third-order valence-corrected chi connectivity index (χ3v) is 3.44. The molecule has 3 rings (SSSR count). The second kappa shape index (κ2) is 4.97. The normalized spacial score (nSPS) is 23.4. The number of nitrogen functional groups attached to an aromatic ring is 1. The number of nitrogens with zero attached hydrogens (tertiary/aromatic N) is 4. The summed E-state index contributed by atoms with van der Waals surface area (Å²) in [4.78, 5) is 0. The van der Waals surface area contributed by atoms with E-state index in [9.17, 15) is 0 Å². The van der Waals surface area contributed by atoms with Crippen LogP contribution in [0.1, 0.15) is 25.8 Å². The third-order valence-electron chi connectivity index (χ3n) is 3.44. The van der Waals surface area contributed by atoms with Crippen molar-refractivity contribution in [3.05, 3.63) is 24.3 Å². The highest BCUT2D eigenvalue weighted by molar-refractivity contribution is 5.60. The van der Waals surface area contributed by atoms with Crippen molar-refractivity contribution >= 4 is 5.69 Å². The molecule has 0 spiro atoms. The molecule has 0 saturated carbocycles. The third kappa shape index (κ3) is 2.44. The van der Waals surface area contributed by atoms with Crippen LogP contribution in [0.5, 0.6) is 0 Å². The fraction of sp³-hybridized carbons (Fsp3) is 0.462. The van der Waals surface area contributed by atoms with Crippen LogP contribution in [0, 0.1) is 0 Å². The largest absolute Gasteiger partial charge is 0.399 e. The summed E-state index contributed by atoms with van der Waals surface area (Å²) in [6.07, 6.45) is 2.11. The summed E-state index contributed by atoms with van der Waals surface area (Å²) in [5.41, 5.74) is 7.48. The Bertz CT molecular complexity index is 568. The van der Waals surface area contributed by atoms with E-state index in [1.54, 1.807) is 0 Å². The molecule has 1 aliphatic heterocycles. The average molecular weight is 259 g/mol. The molecule has 1 fully saturated rings. The van der Waals surface area contributed by atoms with Crippen molar-refractivity contribution < 1.29 is 4.74 Å². The topological polar surface area (TPSA) is 78.9 Å². The second-order valence-electron chi connectivity index (χ2n) is 4.93. The molecule has 2 atom stereocenters. The summed E-state index contributed by atoms with van der Waals surface area (Å²) >= 11 is 0. The van der Waals surface area contributed by atoms with Crippen LogP contribution in [0.2, 0.25) is 0 Å². The van der Waals surface area contributed by atoms with Gasteiger partial charge in [-0.2, -0.15) is 0 Å². The first-order valence-electron chi connectivity index (χ1n) is 6.49. The van der Waals surface area contributed by atoms with Crippen LogP contribution in [0.4, 0.5) is 5.69 Å². The van der Waals surface area contributed by atoms with Gasteiger partial charge in [-0.3, -0.25) is 0 Å². The van der Waals surface area contributed by atoms with Gasteiger partial charge in [0.25, 0.3) is 0 Å². The molecule has 1 saturated heterocycles. The van der Waals surface area contributed by atoms with Gasteiger partial charge in [-0.05, 0) is 42.3 Å². The molecule has 6 heteroatoms. The fourth-order valence-electron chi connectivity index (χ4n) is 2.50. The Kier molecular flexibility index (Phi) is 3.16. The van der Waals surface area contributed by atoms with Crippen molar-refractivity contribution in [1.29, 1.82) is 0 Å². The second-order valence-corrected chi connectivity index (χ2v) is 4.93. The van der Waals surface area contributed by atoms with Crippen molar-refractivity contribution in [2.24, 2.45) is 0 Å². The standard InChI is InChI=1S/C13H17N5O/c1-9-7-12(5-6-19-9)18-13(15-16-17-18)10-3-2-4-11(14)8-10/h2-4,8-9,12H,5-7,14H2,1H3. The van der Waals surface area contributed by atoms with Crippen LogP contribution in [0.25, 0.3) is 11.4 Å². The molecule has 2 unspecified atom stereocenters. The van der Waals surface area contributed by atoms with Crippen LogP contribution >= 0.6 is 0 Å². The molecule has 0 aliphatic carbocycles. The molecule has 100 valence electrons. The Morgan fingerprint density at radius 2 is 2.32 bits per heavy atom. The molecule has 19 heavy (non-hydrogen) atoms. The lowest BCUT2D eigenvalue weighted by Crippen LogP contribution is -2.26. The zero-order valence-electron chi connectivity index (χ0n) is 10.9. The first-order valence-corrected chi connectivity index (χ1v) is 6.49. The van der Waals surface area contributed by atoms with Crippen molar-refractivity contribution in [3.63, 3.8) is 0 Å². The summed E-state index contributed by atoms with van der Waals surface area (Å²) in [7, 11) is 0. The maximum atomic E-state index is 5.82. The van der Waals surface area contributed by atoms with Crippen LogP contribution in [0.15, 0.2) is 24.3 Å². The van der Waals surface area contributed by atoms with Gasteiger partial charge in [0, 0.05) is 17.9 Å². The molecular formula is C13H17N5O. The SMILES string of the molecule is CC1CC(n2nnnc2-c2cccc(N)c2)CCO1. The Labute approximate surface area is 111 Å². The number of benzene rings is 1. The highest BCUT2D eigenvalue weighted by Crippen LogP contribution is 2.28. The van der Waals surface area contributed by atoms with E-state index in [2.05, 4.69) is 22.4 Å². The highest BCUT2D eigenvalue weighted by atomic mass is 16.5. The molecular weight excluding hydrogens is 242 g/mol. The number of hydrogen-bond donors (Lipinski definition) is 1. The summed E-state index contributed by atoms with van der Waals surface area (Å²) in [6, 6.07) is 7.92. The summed E-state index contributed by atoms with van der Waals surface area (Å²) in [5, 5.41) is 12.1. The monoisotopic (exact) mass is 259 g/mol. The Morgan fingerprint density at radius 3 is 3.11 bits per heavy atom. The molecule has 1 aromatic heterocycles. The van der Waals surface area contributed by atoms with E-state index in [4.69, 9.17) is 10.5 Å². The van der Waals surface area contributed by atoms with E-state index >= 15 is 0 Å². The van der Waals surface area contributed by atoms with Crippen molar-refractivity contribution in [2.75, 3.05) is 12.3 Å². The maximum Gasteiger partial charge on any atom is 0.182 e. The lowest BCUT2D eigenvalue weighted by atomic mass is 10.0. The number of tetrazole rings is 1. The zero-order chi connectivity index (χ0) is 13.2. The Balaban J connectivity index is 1.94. The summed E-state index contributed by atoms with van der Waals surface area (Å²) in [6.45, 7) is 2.83. The van der Waals surface area contributed by atoms with Gasteiger partial charge >= 0.3 is 0 Å². The minimum atomic E-state index is 0.247. The minimum Gasteiger partial charge on any atom is -0.399 e. The molecule has 0 amide bonds. The summed E-state index contributed by atoms with van der Waals surface area (Å²) < 4.78 is 7.47. The van der Waals surface area contributed by atoms with Crippen molar-refractivity contribution in [2.45, 2.75) is 31.9 Å². The number of anilines is 1. The number of nitrogens with two attached hydrogens (primary N) is 1. The van der Waals surface area contributed by atoms with Gasteiger partial charge in [0.1, 0.15) is 0 Å². The van der Waals surface area contributed by atoms with Crippen LogP contribution in [-0.2, 0) is 4.74 Å². The quantitative estimate of drug-likeness (QED) is 0.830. The Morgan fingerprint density at radius 1 is 1.42 bits per heavy atom. The van der Waals surface area contributed by atoms with E-state index in [0.29, 0.717) is 5.69 Å². The first kappa shape index (κ1) is 12.1. The summed E-state index contributed by atoms with van der Waals surface area (Å²) in [5.74, 6) is 0.770. The van der Waals surface area contributed by atoms with Crippen LogP contribution in [-0.4, -0.2) is 32.9 Å². The number of rotatable bonds is 2. The van der Waals surface area contributed by atoms with Gasteiger partial charge in [0.2, 0.25) is 0 Å². The first-order chi connectivity index (χ1) is 9.24. The molecule has 2 N–H and O–H groups in total. The van der Waals surface area contributed by atoms with E-state index in [1.165, 1.54) is 0 Å². The van der Waals surface area contributed by atoms with Gasteiger partial charge in [0.15, 0.2) is 5.82 Å². The molecule has 0 radical (unpaired) electrons. The average Bonchev–Trinajstić information content (AvgIpc) is 2.88. The predicted octanol–water partition coefficient (Wildman–Crippen LogP) is 1.66. The van der Waals surface area contributed by atoms with E-state index in [0.717, 1.165) is 30.8 Å². The van der Waals surface area contributed by atoms with Crippen LogP contribution < -0.4 is 5.73 Å². The Hall–Kier alpha value is -1.95. The predicted molar refractivity (Wildman–Crippen MR) is 71.4 cm³/mol. The lowest BCUT2D eigenvalue weighted by Gasteiger charge is -2.27. The maximum absolute atomic E-state index is 5.82. The number of hydrogen-bond acceptors (Lipinski definition) is 5. The van der Waals surface area contributed by atoms with E-state index in [-0.39, 0.29) is 12.1 Å². The zero-order valence-corrected chi connectivity index (χ0v) is 10.9. The highest BCUT2D eigenvalue weighted by Gasteiger charge is 2.24. The van der Waals surface area contributed by atoms with E-state index < -0.39 is 0 Å². The van der Waals surface area contributed by atoms with Gasteiger partial charge in [-0.1, -0.05) is 12.1 Å². The molecule has 1 aliphatic rings. The fourth-order valence-corrected chi connectivity index (χ4v) is 2.50. The van der Waals surface area contributed by atoms with Crippen molar-refractivity contribution in [1.82, 2.24) is 20.2 Å². The van der Waals surface area contributed by atoms with Gasteiger partial charge in [-0.25, -0.2) is 4.68 Å². The molecule has 0 bridgehead atoms. The van der Waals surface area contributed by atoms with Gasteiger partial charge in [0.05, 0.1) is 12.1 Å². The number of ether oxygens (including phenoxy) is 1. The van der Waals surface area contributed by atoms with Crippen LogP contribution in [0.3, 0.4) is 0 Å². The van der Waals surface area contributed by atoms with E-state index in [1.807, 2.05) is 28.9 Å². The molecule has 2 aromatic rings. The molecule has 6 nitrogen and oxygen atoms in total. The number of aromatic nitrogens is 4. The van der Waals surface area contributed by atoms with Gasteiger partial charge < -0.3 is 10.5 Å². The lowest BCUT2D eigenvalue weighted by molar-refractivity contribution is 0.00350. The smallest absolute Gasteiger partial charge is 0.182 e. The molecule has 2 heterocycles. The van der Waals surface area contributed by atoms with Gasteiger partial charge in [-0.15, -0.1) is 5.10 Å². The molecule has 1 aromatic carbocycles. The van der Waals surface area contributed by atoms with Crippen molar-refractivity contribution in [3.8, 4) is 11.4 Å².